The topological polar surface area (TPSA) is 153 Å². The van der Waals surface area contributed by atoms with Crippen LogP contribution >= 0.6 is 0 Å². The second-order valence-corrected chi connectivity index (χ2v) is 17.8. The number of nitrogens with one attached hydrogen (secondary N) is 4. The molecule has 0 radical (unpaired) electrons. The molecule has 0 aromatic heterocycles. The van der Waals surface area contributed by atoms with Gasteiger partial charge in [-0.15, -0.1) is 0 Å². The van der Waals surface area contributed by atoms with Crippen molar-refractivity contribution < 1.29 is 38.1 Å². The van der Waals surface area contributed by atoms with Gasteiger partial charge in [-0.1, -0.05) is 65.6 Å². The lowest BCUT2D eigenvalue weighted by atomic mass is 9.95. The highest BCUT2D eigenvalue weighted by atomic mass is 16.6. The Morgan fingerprint density at radius 3 is 0.855 bits per heavy atom. The summed E-state index contributed by atoms with van der Waals surface area (Å²) in [6.07, 6.45) is -2.28. The van der Waals surface area contributed by atoms with E-state index in [1.54, 1.807) is 83.1 Å². The first-order valence-corrected chi connectivity index (χ1v) is 20.1. The van der Waals surface area contributed by atoms with E-state index >= 15 is 0 Å². The first-order valence-electron chi connectivity index (χ1n) is 20.1. The minimum Gasteiger partial charge on any atom is -0.444 e. The molecule has 0 heterocycles. The maximum Gasteiger partial charge on any atom is 0.408 e. The summed E-state index contributed by atoms with van der Waals surface area (Å²) >= 11 is 0. The average Bonchev–Trinajstić information content (AvgIpc) is 3.12. The third-order valence-electron chi connectivity index (χ3n) is 7.21. The molecule has 4 amide bonds. The highest BCUT2D eigenvalue weighted by Gasteiger charge is 2.18. The van der Waals surface area contributed by atoms with E-state index in [2.05, 4.69) is 68.6 Å². The maximum absolute atomic E-state index is 12.2. The number of carbonyl (C=O) groups excluding carboxylic acids is 4. The van der Waals surface area contributed by atoms with Gasteiger partial charge in [0.15, 0.2) is 0 Å². The van der Waals surface area contributed by atoms with E-state index in [9.17, 15) is 19.2 Å². The van der Waals surface area contributed by atoms with Gasteiger partial charge in [-0.3, -0.25) is 0 Å². The van der Waals surface area contributed by atoms with Crippen LogP contribution in [0.2, 0.25) is 0 Å². The summed E-state index contributed by atoms with van der Waals surface area (Å²) < 4.78 is 21.2. The van der Waals surface area contributed by atoms with Crippen LogP contribution in [0.25, 0.3) is 22.3 Å². The van der Waals surface area contributed by atoms with Gasteiger partial charge in [0, 0.05) is 22.3 Å². The van der Waals surface area contributed by atoms with Crippen molar-refractivity contribution >= 4 is 24.4 Å². The van der Waals surface area contributed by atoms with Gasteiger partial charge in [-0.05, 0) is 148 Å². The van der Waals surface area contributed by atoms with Crippen LogP contribution in [0.5, 0.6) is 0 Å². The van der Waals surface area contributed by atoms with Crippen molar-refractivity contribution in [3.8, 4) is 69.6 Å². The van der Waals surface area contributed by atoms with Gasteiger partial charge in [-0.25, -0.2) is 19.2 Å². The zero-order chi connectivity index (χ0) is 46.1. The number of hydrogen-bond acceptors (Lipinski definition) is 8. The first-order chi connectivity index (χ1) is 28.8. The largest absolute Gasteiger partial charge is 0.444 e. The second kappa shape index (κ2) is 22.0. The molecule has 3 rings (SSSR count). The summed E-state index contributed by atoms with van der Waals surface area (Å²) in [5.41, 5.74) is 3.40. The number of hydrogen-bond donors (Lipinski definition) is 4. The molecule has 12 heteroatoms. The summed E-state index contributed by atoms with van der Waals surface area (Å²) in [7, 11) is 0. The molecule has 0 saturated carbocycles. The van der Waals surface area contributed by atoms with Crippen LogP contribution in [0.1, 0.15) is 105 Å². The van der Waals surface area contributed by atoms with Crippen LogP contribution in [0.4, 0.5) is 19.2 Å². The van der Waals surface area contributed by atoms with Crippen molar-refractivity contribution in [2.45, 2.75) is 105 Å². The van der Waals surface area contributed by atoms with Crippen molar-refractivity contribution in [1.29, 1.82) is 0 Å². The van der Waals surface area contributed by atoms with Crippen molar-refractivity contribution in [2.24, 2.45) is 0 Å². The molecular weight excluding hydrogens is 785 g/mol. The van der Waals surface area contributed by atoms with Crippen LogP contribution in [0, 0.1) is 47.4 Å². The van der Waals surface area contributed by atoms with Crippen LogP contribution in [-0.4, -0.2) is 73.0 Å². The number of alkyl carbamates (subject to hydrolysis) is 4. The molecule has 0 unspecified atom stereocenters. The molecule has 3 aromatic carbocycles. The molecule has 0 aliphatic heterocycles. The maximum atomic E-state index is 12.2. The Morgan fingerprint density at radius 2 is 0.629 bits per heavy atom. The van der Waals surface area contributed by atoms with Gasteiger partial charge in [0.25, 0.3) is 0 Å². The lowest BCUT2D eigenvalue weighted by molar-refractivity contribution is 0.0523. The fraction of sp³-hybridized carbons (Fsp3) is 0.400. The molecule has 0 fully saturated rings. The molecule has 326 valence electrons. The van der Waals surface area contributed by atoms with E-state index in [1.165, 1.54) is 0 Å². The van der Waals surface area contributed by atoms with E-state index in [-0.39, 0.29) is 26.2 Å². The minimum atomic E-state index is -0.641. The monoisotopic (exact) mass is 842 g/mol. The number of benzene rings is 3. The first kappa shape index (κ1) is 49.3. The molecular formula is C50H58N4O8. The van der Waals surface area contributed by atoms with Crippen LogP contribution in [-0.2, 0) is 18.9 Å². The lowest BCUT2D eigenvalue weighted by Gasteiger charge is -2.19. The van der Waals surface area contributed by atoms with Crippen molar-refractivity contribution in [3.63, 3.8) is 0 Å². The number of amides is 4. The Balaban J connectivity index is 2.02. The quantitative estimate of drug-likeness (QED) is 0.142. The van der Waals surface area contributed by atoms with Gasteiger partial charge in [0.2, 0.25) is 0 Å². The van der Waals surface area contributed by atoms with Crippen molar-refractivity contribution in [3.05, 3.63) is 82.9 Å². The predicted molar refractivity (Wildman–Crippen MR) is 242 cm³/mol. The third-order valence-corrected chi connectivity index (χ3v) is 7.21. The van der Waals surface area contributed by atoms with Crippen LogP contribution in [0.15, 0.2) is 60.7 Å². The molecule has 62 heavy (non-hydrogen) atoms. The Morgan fingerprint density at radius 1 is 0.387 bits per heavy atom. The minimum absolute atomic E-state index is 0.0635. The van der Waals surface area contributed by atoms with Gasteiger partial charge in [0.1, 0.15) is 22.4 Å². The van der Waals surface area contributed by atoms with Gasteiger partial charge < -0.3 is 40.2 Å². The fourth-order valence-corrected chi connectivity index (χ4v) is 5.06. The van der Waals surface area contributed by atoms with Crippen LogP contribution < -0.4 is 21.3 Å². The number of ether oxygens (including phenoxy) is 4. The lowest BCUT2D eigenvalue weighted by Crippen LogP contribution is -2.32. The van der Waals surface area contributed by atoms with E-state index < -0.39 is 46.8 Å². The highest BCUT2D eigenvalue weighted by molar-refractivity contribution is 5.77. The molecule has 0 aliphatic rings. The van der Waals surface area contributed by atoms with Gasteiger partial charge in [0.05, 0.1) is 26.2 Å². The van der Waals surface area contributed by atoms with E-state index in [4.69, 9.17) is 18.9 Å². The van der Waals surface area contributed by atoms with Gasteiger partial charge in [-0.2, -0.15) is 0 Å². The second-order valence-electron chi connectivity index (χ2n) is 17.8. The Bertz CT molecular complexity index is 2060. The summed E-state index contributed by atoms with van der Waals surface area (Å²) in [4.78, 5) is 48.7. The highest BCUT2D eigenvalue weighted by Crippen LogP contribution is 2.29. The summed E-state index contributed by atoms with van der Waals surface area (Å²) in [5, 5.41) is 10.6. The molecule has 0 spiro atoms. The zero-order valence-corrected chi connectivity index (χ0v) is 37.9. The summed E-state index contributed by atoms with van der Waals surface area (Å²) in [6.45, 7) is 21.7. The molecule has 4 N–H and O–H groups in total. The van der Waals surface area contributed by atoms with Crippen molar-refractivity contribution in [2.75, 3.05) is 26.2 Å². The zero-order valence-electron chi connectivity index (χ0n) is 37.9. The van der Waals surface area contributed by atoms with Crippen LogP contribution in [0.3, 0.4) is 0 Å². The standard InChI is InChI=1S/C50H58N4O8/c1-47(2,3)59-43(55)51-24-14-18-35-28-36(19-15-25-52-44(56)60-48(4,5)6)31-41(30-35)39-22-13-23-40(34-39)42-32-37(20-16-26-53-45(57)61-49(7,8)9)29-38(33-42)21-17-27-54-46(58)62-50(10,11)12/h13,22-23,28-34H,24-27H2,1-12H3,(H,51,55)(H,52,56)(H,53,57)(H,54,58). The number of rotatable bonds is 6. The summed E-state index contributed by atoms with van der Waals surface area (Å²) in [5.74, 6) is 24.4. The average molecular weight is 843 g/mol. The normalized spacial score (nSPS) is 10.9. The third kappa shape index (κ3) is 20.8. The molecule has 0 aliphatic carbocycles. The molecule has 3 aromatic rings. The molecule has 12 nitrogen and oxygen atoms in total. The van der Waals surface area contributed by atoms with Gasteiger partial charge >= 0.3 is 24.4 Å². The fourth-order valence-electron chi connectivity index (χ4n) is 5.06. The predicted octanol–water partition coefficient (Wildman–Crippen LogP) is 8.53. The summed E-state index contributed by atoms with van der Waals surface area (Å²) in [6, 6.07) is 19.3. The SMILES string of the molecule is CC(C)(C)OC(=O)NCC#Cc1cc(C#CCNC(=O)OC(C)(C)C)cc(-c2cccc(-c3cc(C#CCNC(=O)OC(C)(C)C)cc(C#CCNC(=O)OC(C)(C)C)c3)c2)c1. The molecule has 0 bridgehead atoms. The Hall–Kier alpha value is -7.02. The molecule has 0 saturated heterocycles. The number of carbonyl (C=O) groups is 4. The van der Waals surface area contributed by atoms with E-state index in [1.807, 2.05) is 60.7 Å². The smallest absolute Gasteiger partial charge is 0.408 e. The molecule has 0 atom stereocenters. The Labute approximate surface area is 367 Å². The van der Waals surface area contributed by atoms with E-state index in [0.29, 0.717) is 22.3 Å². The van der Waals surface area contributed by atoms with Crippen molar-refractivity contribution in [1.82, 2.24) is 21.3 Å². The Kier molecular flexibility index (Phi) is 17.5. The van der Waals surface area contributed by atoms with E-state index in [0.717, 1.165) is 22.3 Å².